The molecule has 0 atom stereocenters. The molecule has 0 fully saturated rings. The van der Waals surface area contributed by atoms with E-state index in [1.54, 1.807) is 0 Å². The van der Waals surface area contributed by atoms with Crippen molar-refractivity contribution < 1.29 is 12.8 Å². The van der Waals surface area contributed by atoms with Gasteiger partial charge in [0.15, 0.2) is 0 Å². The number of sulfonamides is 1. The number of rotatable bonds is 6. The minimum absolute atomic E-state index is 0.290. The van der Waals surface area contributed by atoms with Gasteiger partial charge < -0.3 is 4.90 Å². The third-order valence-electron chi connectivity index (χ3n) is 2.23. The summed E-state index contributed by atoms with van der Waals surface area (Å²) in [6, 6.07) is 4.70. The molecule has 0 bridgehead atoms. The van der Waals surface area contributed by atoms with Crippen LogP contribution in [0.5, 0.6) is 0 Å². The van der Waals surface area contributed by atoms with E-state index in [0.717, 1.165) is 11.8 Å². The monoisotopic (exact) mass is 338 g/mol. The van der Waals surface area contributed by atoms with Crippen LogP contribution < -0.4 is 4.72 Å². The maximum Gasteiger partial charge on any atom is 0.208 e. The van der Waals surface area contributed by atoms with Crippen molar-refractivity contribution in [2.24, 2.45) is 0 Å². The Hall–Kier alpha value is -0.500. The lowest BCUT2D eigenvalue weighted by Crippen LogP contribution is -2.32. The molecule has 0 unspecified atom stereocenters. The van der Waals surface area contributed by atoms with Gasteiger partial charge in [-0.15, -0.1) is 0 Å². The van der Waals surface area contributed by atoms with Crippen molar-refractivity contribution in [3.05, 3.63) is 34.1 Å². The number of hydrogen-bond acceptors (Lipinski definition) is 3. The molecule has 4 nitrogen and oxygen atoms in total. The van der Waals surface area contributed by atoms with Gasteiger partial charge in [0.05, 0.1) is 6.26 Å². The van der Waals surface area contributed by atoms with Gasteiger partial charge in [-0.3, -0.25) is 0 Å². The Balaban J connectivity index is 2.47. The summed E-state index contributed by atoms with van der Waals surface area (Å²) in [7, 11) is -1.30. The summed E-state index contributed by atoms with van der Waals surface area (Å²) in [5.41, 5.74) is 0.837. The quantitative estimate of drug-likeness (QED) is 0.856. The zero-order valence-corrected chi connectivity index (χ0v) is 12.7. The second-order valence-electron chi connectivity index (χ2n) is 4.18. The predicted octanol–water partition coefficient (Wildman–Crippen LogP) is 1.57. The maximum atomic E-state index is 13.1. The van der Waals surface area contributed by atoms with E-state index in [0.29, 0.717) is 24.1 Å². The Morgan fingerprint density at radius 2 is 2.06 bits per heavy atom. The molecule has 0 aliphatic carbocycles. The van der Waals surface area contributed by atoms with E-state index in [2.05, 4.69) is 20.7 Å². The molecule has 7 heteroatoms. The average Bonchev–Trinajstić information content (AvgIpc) is 2.12. The Morgan fingerprint density at radius 3 is 2.61 bits per heavy atom. The van der Waals surface area contributed by atoms with Crippen molar-refractivity contribution in [1.29, 1.82) is 0 Å². The van der Waals surface area contributed by atoms with E-state index in [9.17, 15) is 12.8 Å². The van der Waals surface area contributed by atoms with Crippen LogP contribution in [0, 0.1) is 5.82 Å². The van der Waals surface area contributed by atoms with Crippen molar-refractivity contribution in [1.82, 2.24) is 9.62 Å². The summed E-state index contributed by atoms with van der Waals surface area (Å²) in [5.74, 6) is -0.290. The molecule has 102 valence electrons. The number of nitrogens with zero attached hydrogens (tertiary/aromatic N) is 1. The second kappa shape index (κ2) is 6.60. The highest BCUT2D eigenvalue weighted by Crippen LogP contribution is 2.15. The molecule has 1 aromatic rings. The van der Waals surface area contributed by atoms with Crippen molar-refractivity contribution >= 4 is 26.0 Å². The number of likely N-dealkylation sites (N-methyl/N-ethyl adjacent to an activating group) is 1. The third kappa shape index (κ3) is 6.44. The fourth-order valence-corrected chi connectivity index (χ4v) is 2.49. The molecule has 0 saturated heterocycles. The molecule has 1 rings (SSSR count). The van der Waals surface area contributed by atoms with Gasteiger partial charge >= 0.3 is 0 Å². The minimum Gasteiger partial charge on any atom is -0.301 e. The van der Waals surface area contributed by atoms with Gasteiger partial charge in [-0.1, -0.05) is 15.9 Å². The van der Waals surface area contributed by atoms with E-state index in [1.165, 1.54) is 12.1 Å². The highest BCUT2D eigenvalue weighted by Gasteiger charge is 2.05. The summed E-state index contributed by atoms with van der Waals surface area (Å²) >= 11 is 3.23. The highest BCUT2D eigenvalue weighted by molar-refractivity contribution is 9.10. The van der Waals surface area contributed by atoms with Crippen molar-refractivity contribution in [2.75, 3.05) is 26.4 Å². The maximum absolute atomic E-state index is 13.1. The number of halogens is 2. The third-order valence-corrected chi connectivity index (χ3v) is 3.42. The summed E-state index contributed by atoms with van der Waals surface area (Å²) in [6.07, 6.45) is 1.12. The van der Waals surface area contributed by atoms with E-state index in [1.807, 2.05) is 18.0 Å². The fraction of sp³-hybridized carbons (Fsp3) is 0.455. The lowest BCUT2D eigenvalue weighted by Gasteiger charge is -2.16. The largest absolute Gasteiger partial charge is 0.301 e. The van der Waals surface area contributed by atoms with E-state index in [-0.39, 0.29) is 5.82 Å². The van der Waals surface area contributed by atoms with Gasteiger partial charge in [-0.05, 0) is 30.8 Å². The summed E-state index contributed by atoms with van der Waals surface area (Å²) < 4.78 is 38.0. The van der Waals surface area contributed by atoms with Gasteiger partial charge in [0.2, 0.25) is 10.0 Å². The first-order valence-corrected chi connectivity index (χ1v) is 8.03. The molecule has 0 spiro atoms. The topological polar surface area (TPSA) is 49.4 Å². The fourth-order valence-electron chi connectivity index (χ4n) is 1.51. The van der Waals surface area contributed by atoms with Crippen LogP contribution in [0.1, 0.15) is 5.56 Å². The summed E-state index contributed by atoms with van der Waals surface area (Å²) in [6.45, 7) is 1.45. The van der Waals surface area contributed by atoms with Crippen LogP contribution in [0.3, 0.4) is 0 Å². The summed E-state index contributed by atoms with van der Waals surface area (Å²) in [4.78, 5) is 1.92. The Morgan fingerprint density at radius 1 is 1.39 bits per heavy atom. The SMILES string of the molecule is CN(CCNS(C)(=O)=O)Cc1cc(F)cc(Br)c1. The first-order valence-electron chi connectivity index (χ1n) is 5.34. The smallest absolute Gasteiger partial charge is 0.208 e. The molecule has 0 heterocycles. The summed E-state index contributed by atoms with van der Waals surface area (Å²) in [5, 5.41) is 0. The molecule has 18 heavy (non-hydrogen) atoms. The molecule has 0 aliphatic heterocycles. The zero-order chi connectivity index (χ0) is 13.8. The molecular formula is C11H16BrFN2O2S. The van der Waals surface area contributed by atoms with Gasteiger partial charge in [0, 0.05) is 24.1 Å². The first kappa shape index (κ1) is 15.6. The zero-order valence-electron chi connectivity index (χ0n) is 10.3. The standard InChI is InChI=1S/C11H16BrFN2O2S/c1-15(4-3-14-18(2,16)17)8-9-5-10(12)7-11(13)6-9/h5-7,14H,3-4,8H2,1-2H3. The highest BCUT2D eigenvalue weighted by atomic mass is 79.9. The molecule has 0 aliphatic rings. The van der Waals surface area contributed by atoms with Crippen LogP contribution >= 0.6 is 15.9 Å². The van der Waals surface area contributed by atoms with Crippen LogP contribution in [0.4, 0.5) is 4.39 Å². The molecule has 1 N–H and O–H groups in total. The molecule has 0 amide bonds. The van der Waals surface area contributed by atoms with E-state index < -0.39 is 10.0 Å². The van der Waals surface area contributed by atoms with E-state index >= 15 is 0 Å². The number of nitrogens with one attached hydrogen (secondary N) is 1. The first-order chi connectivity index (χ1) is 8.26. The molecule has 0 aromatic heterocycles. The van der Waals surface area contributed by atoms with Crippen LogP contribution in [0.25, 0.3) is 0 Å². The van der Waals surface area contributed by atoms with Crippen molar-refractivity contribution in [3.63, 3.8) is 0 Å². The number of benzene rings is 1. The van der Waals surface area contributed by atoms with Gasteiger partial charge in [0.1, 0.15) is 5.82 Å². The average molecular weight is 339 g/mol. The van der Waals surface area contributed by atoms with Gasteiger partial charge in [-0.2, -0.15) is 0 Å². The van der Waals surface area contributed by atoms with E-state index in [4.69, 9.17) is 0 Å². The van der Waals surface area contributed by atoms with Crippen LogP contribution in [-0.2, 0) is 16.6 Å². The van der Waals surface area contributed by atoms with Crippen molar-refractivity contribution in [3.8, 4) is 0 Å². The predicted molar refractivity (Wildman–Crippen MR) is 73.3 cm³/mol. The second-order valence-corrected chi connectivity index (χ2v) is 6.93. The lowest BCUT2D eigenvalue weighted by atomic mass is 10.2. The Kier molecular flexibility index (Phi) is 5.71. The Labute approximate surface area is 115 Å². The van der Waals surface area contributed by atoms with Crippen molar-refractivity contribution in [2.45, 2.75) is 6.54 Å². The lowest BCUT2D eigenvalue weighted by molar-refractivity contribution is 0.331. The molecular weight excluding hydrogens is 323 g/mol. The molecule has 0 radical (unpaired) electrons. The van der Waals surface area contributed by atoms with Gasteiger partial charge in [0.25, 0.3) is 0 Å². The number of hydrogen-bond donors (Lipinski definition) is 1. The molecule has 1 aromatic carbocycles. The molecule has 0 saturated carbocycles. The van der Waals surface area contributed by atoms with Crippen LogP contribution in [0.2, 0.25) is 0 Å². The van der Waals surface area contributed by atoms with Crippen LogP contribution in [0.15, 0.2) is 22.7 Å². The Bertz CT molecular complexity index is 488. The van der Waals surface area contributed by atoms with Crippen LogP contribution in [-0.4, -0.2) is 39.7 Å². The minimum atomic E-state index is -3.15. The van der Waals surface area contributed by atoms with Gasteiger partial charge in [-0.25, -0.2) is 17.5 Å². The normalized spacial score (nSPS) is 12.1.